The van der Waals surface area contributed by atoms with Gasteiger partial charge in [-0.3, -0.25) is 4.79 Å². The minimum absolute atomic E-state index is 0.123. The third-order valence-electron chi connectivity index (χ3n) is 4.63. The molecule has 1 unspecified atom stereocenters. The SMILES string of the molecule is COc1cccc(/C=C/C(=O)N(C)C(C)c2cc3ccccc3o2)c1OC(F)F. The molecule has 3 aromatic rings. The van der Waals surface area contributed by atoms with Gasteiger partial charge in [0.15, 0.2) is 11.5 Å². The number of furan rings is 1. The second-order valence-electron chi connectivity index (χ2n) is 6.40. The summed E-state index contributed by atoms with van der Waals surface area (Å²) in [7, 11) is 3.00. The average molecular weight is 401 g/mol. The van der Waals surface area contributed by atoms with Crippen LogP contribution >= 0.6 is 0 Å². The van der Waals surface area contributed by atoms with Crippen molar-refractivity contribution in [3.05, 3.63) is 65.9 Å². The van der Waals surface area contributed by atoms with Crippen molar-refractivity contribution in [3.8, 4) is 11.5 Å². The summed E-state index contributed by atoms with van der Waals surface area (Å²) in [6, 6.07) is 13.9. The van der Waals surface area contributed by atoms with Crippen LogP contribution < -0.4 is 9.47 Å². The van der Waals surface area contributed by atoms with E-state index in [1.54, 1.807) is 19.2 Å². The molecule has 1 heterocycles. The lowest BCUT2D eigenvalue weighted by Crippen LogP contribution is -2.27. The van der Waals surface area contributed by atoms with Gasteiger partial charge in [-0.15, -0.1) is 0 Å². The van der Waals surface area contributed by atoms with Crippen LogP contribution in [0.3, 0.4) is 0 Å². The normalized spacial score (nSPS) is 12.5. The summed E-state index contributed by atoms with van der Waals surface area (Å²) in [6.07, 6.45) is 2.72. The molecule has 29 heavy (non-hydrogen) atoms. The van der Waals surface area contributed by atoms with Gasteiger partial charge >= 0.3 is 6.61 Å². The maximum atomic E-state index is 12.7. The Kier molecular flexibility index (Phi) is 6.16. The van der Waals surface area contributed by atoms with Crippen molar-refractivity contribution >= 4 is 23.0 Å². The molecule has 0 bridgehead atoms. The molecule has 1 aromatic heterocycles. The average Bonchev–Trinajstić information content (AvgIpc) is 3.15. The lowest BCUT2D eigenvalue weighted by atomic mass is 10.1. The van der Waals surface area contributed by atoms with E-state index in [4.69, 9.17) is 9.15 Å². The zero-order chi connectivity index (χ0) is 21.0. The van der Waals surface area contributed by atoms with Gasteiger partial charge in [0, 0.05) is 24.1 Å². The molecular weight excluding hydrogens is 380 g/mol. The fourth-order valence-electron chi connectivity index (χ4n) is 2.91. The number of methoxy groups -OCH3 is 1. The highest BCUT2D eigenvalue weighted by molar-refractivity contribution is 5.92. The predicted molar refractivity (Wildman–Crippen MR) is 106 cm³/mol. The third kappa shape index (κ3) is 4.56. The molecule has 2 aromatic carbocycles. The van der Waals surface area contributed by atoms with Gasteiger partial charge in [-0.05, 0) is 31.2 Å². The molecule has 0 radical (unpaired) electrons. The van der Waals surface area contributed by atoms with Gasteiger partial charge in [0.1, 0.15) is 11.3 Å². The monoisotopic (exact) mass is 401 g/mol. The van der Waals surface area contributed by atoms with E-state index < -0.39 is 6.61 Å². The topological polar surface area (TPSA) is 51.9 Å². The molecule has 0 aliphatic carbocycles. The van der Waals surface area contributed by atoms with Crippen LogP contribution in [0.2, 0.25) is 0 Å². The smallest absolute Gasteiger partial charge is 0.387 e. The van der Waals surface area contributed by atoms with Gasteiger partial charge in [-0.1, -0.05) is 30.3 Å². The number of carbonyl (C=O) groups excluding carboxylic acids is 1. The first-order valence-corrected chi connectivity index (χ1v) is 8.96. The standard InChI is InChI=1S/C22H21F2NO4/c1-14(19-13-16-7-4-5-9-17(16)28-19)25(2)20(26)12-11-15-8-6-10-18(27-3)21(15)29-22(23)24/h4-14,22H,1-3H3/b12-11+. The molecule has 0 saturated heterocycles. The zero-order valence-corrected chi connectivity index (χ0v) is 16.3. The van der Waals surface area contributed by atoms with Gasteiger partial charge in [0.25, 0.3) is 0 Å². The summed E-state index contributed by atoms with van der Waals surface area (Å²) in [5.74, 6) is 0.369. The van der Waals surface area contributed by atoms with E-state index in [2.05, 4.69) is 4.74 Å². The van der Waals surface area contributed by atoms with E-state index in [1.807, 2.05) is 37.3 Å². The fourth-order valence-corrected chi connectivity index (χ4v) is 2.91. The van der Waals surface area contributed by atoms with E-state index in [1.165, 1.54) is 30.2 Å². The second-order valence-corrected chi connectivity index (χ2v) is 6.40. The van der Waals surface area contributed by atoms with Crippen molar-refractivity contribution < 1.29 is 27.5 Å². The summed E-state index contributed by atoms with van der Waals surface area (Å²) in [5, 5.41) is 0.955. The molecule has 0 spiro atoms. The summed E-state index contributed by atoms with van der Waals surface area (Å²) in [6.45, 7) is -1.16. The number of carbonyl (C=O) groups is 1. The van der Waals surface area contributed by atoms with Crippen LogP contribution in [0.15, 0.2) is 59.0 Å². The number of hydrogen-bond acceptors (Lipinski definition) is 4. The maximum Gasteiger partial charge on any atom is 0.387 e. The molecule has 0 aliphatic heterocycles. The van der Waals surface area contributed by atoms with Gasteiger partial charge in [-0.2, -0.15) is 8.78 Å². The molecule has 7 heteroatoms. The number of para-hydroxylation sites is 2. The number of rotatable bonds is 7. The number of fused-ring (bicyclic) bond motifs is 1. The van der Waals surface area contributed by atoms with Crippen LogP contribution in [-0.2, 0) is 4.79 Å². The summed E-state index contributed by atoms with van der Waals surface area (Å²) in [5.41, 5.74) is 1.05. The van der Waals surface area contributed by atoms with Gasteiger partial charge in [0.2, 0.25) is 5.91 Å². The molecular formula is C22H21F2NO4. The molecule has 5 nitrogen and oxygen atoms in total. The first kappa shape index (κ1) is 20.4. The molecule has 152 valence electrons. The van der Waals surface area contributed by atoms with Crippen molar-refractivity contribution in [3.63, 3.8) is 0 Å². The largest absolute Gasteiger partial charge is 0.493 e. The van der Waals surface area contributed by atoms with Gasteiger partial charge in [0.05, 0.1) is 13.2 Å². The van der Waals surface area contributed by atoms with E-state index in [0.29, 0.717) is 11.3 Å². The van der Waals surface area contributed by atoms with Crippen molar-refractivity contribution in [1.82, 2.24) is 4.90 Å². The number of likely N-dealkylation sites (N-methyl/N-ethyl adjacent to an activating group) is 1. The maximum absolute atomic E-state index is 12.7. The number of benzene rings is 2. The van der Waals surface area contributed by atoms with Gasteiger partial charge < -0.3 is 18.8 Å². The van der Waals surface area contributed by atoms with E-state index >= 15 is 0 Å². The molecule has 3 rings (SSSR count). The predicted octanol–water partition coefficient (Wildman–Crippen LogP) is 5.28. The van der Waals surface area contributed by atoms with Crippen LogP contribution in [0.4, 0.5) is 8.78 Å². The Morgan fingerprint density at radius 1 is 1.17 bits per heavy atom. The minimum atomic E-state index is -3.01. The van der Waals surface area contributed by atoms with Crippen LogP contribution in [0.5, 0.6) is 11.5 Å². The zero-order valence-electron chi connectivity index (χ0n) is 16.3. The summed E-state index contributed by atoms with van der Waals surface area (Å²) >= 11 is 0. The Balaban J connectivity index is 1.79. The summed E-state index contributed by atoms with van der Waals surface area (Å²) < 4.78 is 40.9. The second kappa shape index (κ2) is 8.77. The van der Waals surface area contributed by atoms with Crippen LogP contribution in [0, 0.1) is 0 Å². The van der Waals surface area contributed by atoms with Crippen molar-refractivity contribution in [2.75, 3.05) is 14.2 Å². The Labute approximate surface area is 167 Å². The molecule has 1 atom stereocenters. The lowest BCUT2D eigenvalue weighted by Gasteiger charge is -2.21. The van der Waals surface area contributed by atoms with Crippen molar-refractivity contribution in [1.29, 1.82) is 0 Å². The number of alkyl halides is 2. The highest BCUT2D eigenvalue weighted by Gasteiger charge is 2.20. The molecule has 0 aliphatic rings. The first-order valence-electron chi connectivity index (χ1n) is 8.96. The Hall–Kier alpha value is -3.35. The number of nitrogens with zero attached hydrogens (tertiary/aromatic N) is 1. The molecule has 0 saturated carbocycles. The molecule has 0 fully saturated rings. The Morgan fingerprint density at radius 3 is 2.62 bits per heavy atom. The highest BCUT2D eigenvalue weighted by Crippen LogP contribution is 2.33. The number of ether oxygens (including phenoxy) is 2. The minimum Gasteiger partial charge on any atom is -0.493 e. The van der Waals surface area contributed by atoms with Crippen molar-refractivity contribution in [2.24, 2.45) is 0 Å². The number of amides is 1. The fraction of sp³-hybridized carbons (Fsp3) is 0.227. The Morgan fingerprint density at radius 2 is 1.93 bits per heavy atom. The molecule has 0 N–H and O–H groups in total. The van der Waals surface area contributed by atoms with E-state index in [0.717, 1.165) is 11.0 Å². The number of halogens is 2. The van der Waals surface area contributed by atoms with Gasteiger partial charge in [-0.25, -0.2) is 0 Å². The van der Waals surface area contributed by atoms with Crippen LogP contribution in [0.25, 0.3) is 17.0 Å². The number of hydrogen-bond donors (Lipinski definition) is 0. The Bertz CT molecular complexity index is 996. The first-order chi connectivity index (χ1) is 13.9. The van der Waals surface area contributed by atoms with E-state index in [-0.39, 0.29) is 23.4 Å². The van der Waals surface area contributed by atoms with Crippen molar-refractivity contribution in [2.45, 2.75) is 19.6 Å². The van der Waals surface area contributed by atoms with Crippen LogP contribution in [0.1, 0.15) is 24.3 Å². The quantitative estimate of drug-likeness (QED) is 0.506. The van der Waals surface area contributed by atoms with Crippen LogP contribution in [-0.4, -0.2) is 31.6 Å². The summed E-state index contributed by atoms with van der Waals surface area (Å²) in [4.78, 5) is 14.1. The lowest BCUT2D eigenvalue weighted by molar-refractivity contribution is -0.126. The molecule has 1 amide bonds. The highest BCUT2D eigenvalue weighted by atomic mass is 19.3. The third-order valence-corrected chi connectivity index (χ3v) is 4.63. The van der Waals surface area contributed by atoms with E-state index in [9.17, 15) is 13.6 Å².